The van der Waals surface area contributed by atoms with Crippen LogP contribution in [0.3, 0.4) is 0 Å². The van der Waals surface area contributed by atoms with Gasteiger partial charge in [0.25, 0.3) is 0 Å². The average molecular weight is 220 g/mol. The minimum absolute atomic E-state index is 0.262. The normalized spacial score (nSPS) is 20.4. The molecule has 0 radical (unpaired) electrons. The van der Waals surface area contributed by atoms with E-state index in [0.717, 1.165) is 19.5 Å². The van der Waals surface area contributed by atoms with Crippen molar-refractivity contribution >= 4 is 5.69 Å². The summed E-state index contributed by atoms with van der Waals surface area (Å²) in [6.45, 7) is 2.23. The Labute approximate surface area is 97.1 Å². The Morgan fingerprint density at radius 1 is 1.38 bits per heavy atom. The summed E-state index contributed by atoms with van der Waals surface area (Å²) in [4.78, 5) is 2.31. The predicted octanol–water partition coefficient (Wildman–Crippen LogP) is 1.37. The average Bonchev–Trinajstić information content (AvgIpc) is 2.78. The molecule has 16 heavy (non-hydrogen) atoms. The van der Waals surface area contributed by atoms with E-state index in [4.69, 9.17) is 0 Å². The fraction of sp³-hybridized carbons (Fsp3) is 0.538. The largest absolute Gasteiger partial charge is 0.394 e. The maximum absolute atomic E-state index is 9.28. The molecule has 1 fully saturated rings. The zero-order chi connectivity index (χ0) is 11.4. The summed E-state index contributed by atoms with van der Waals surface area (Å²) < 4.78 is 0. The number of nitrogens with one attached hydrogen (secondary N) is 1. The summed E-state index contributed by atoms with van der Waals surface area (Å²) in [5.74, 6) is 0. The van der Waals surface area contributed by atoms with Crippen LogP contribution in [-0.4, -0.2) is 31.3 Å². The van der Waals surface area contributed by atoms with Crippen LogP contribution in [0.5, 0.6) is 0 Å². The summed E-state index contributed by atoms with van der Waals surface area (Å²) in [5, 5.41) is 12.4. The van der Waals surface area contributed by atoms with Crippen molar-refractivity contribution in [3.63, 3.8) is 0 Å². The van der Waals surface area contributed by atoms with Crippen LogP contribution in [-0.2, 0) is 6.54 Å². The van der Waals surface area contributed by atoms with Gasteiger partial charge in [-0.3, -0.25) is 0 Å². The lowest BCUT2D eigenvalue weighted by Crippen LogP contribution is -2.31. The number of hydrogen-bond donors (Lipinski definition) is 2. The molecule has 2 N–H and O–H groups in total. The van der Waals surface area contributed by atoms with Crippen LogP contribution < -0.4 is 10.2 Å². The molecule has 3 nitrogen and oxygen atoms in total. The highest BCUT2D eigenvalue weighted by atomic mass is 16.3. The highest BCUT2D eigenvalue weighted by molar-refractivity contribution is 5.49. The lowest BCUT2D eigenvalue weighted by molar-refractivity contribution is 0.266. The van der Waals surface area contributed by atoms with Crippen LogP contribution >= 0.6 is 0 Å². The Balaban J connectivity index is 2.08. The number of aliphatic hydroxyl groups excluding tert-OH is 1. The monoisotopic (exact) mass is 220 g/mol. The molecule has 1 aromatic carbocycles. The molecular weight excluding hydrogens is 200 g/mol. The molecule has 1 unspecified atom stereocenters. The first-order chi connectivity index (χ1) is 7.85. The predicted molar refractivity (Wildman–Crippen MR) is 66.7 cm³/mol. The van der Waals surface area contributed by atoms with Gasteiger partial charge in [0.1, 0.15) is 0 Å². The molecular formula is C13H20N2O. The summed E-state index contributed by atoms with van der Waals surface area (Å²) in [7, 11) is 1.95. The van der Waals surface area contributed by atoms with Gasteiger partial charge in [-0.15, -0.1) is 0 Å². The van der Waals surface area contributed by atoms with Crippen molar-refractivity contribution in [2.24, 2.45) is 0 Å². The molecule has 1 aliphatic heterocycles. The van der Waals surface area contributed by atoms with Gasteiger partial charge in [0.2, 0.25) is 0 Å². The standard InChI is InChI=1S/C13H20N2O/c1-14-9-11-4-6-12(7-5-11)15-8-2-3-13(15)10-16/h4-7,13-14,16H,2-3,8-10H2,1H3. The van der Waals surface area contributed by atoms with Gasteiger partial charge in [-0.25, -0.2) is 0 Å². The minimum atomic E-state index is 0.262. The second-order valence-electron chi connectivity index (χ2n) is 4.37. The molecule has 0 aromatic heterocycles. The number of nitrogens with zero attached hydrogens (tertiary/aromatic N) is 1. The molecule has 0 amide bonds. The first kappa shape index (κ1) is 11.4. The molecule has 1 aliphatic rings. The number of aliphatic hydroxyl groups is 1. The second kappa shape index (κ2) is 5.32. The van der Waals surface area contributed by atoms with Crippen LogP contribution in [0.1, 0.15) is 18.4 Å². The maximum atomic E-state index is 9.28. The van der Waals surface area contributed by atoms with Gasteiger partial charge in [-0.1, -0.05) is 12.1 Å². The third-order valence-corrected chi connectivity index (χ3v) is 3.24. The van der Waals surface area contributed by atoms with Crippen molar-refractivity contribution in [2.45, 2.75) is 25.4 Å². The molecule has 1 atom stereocenters. The summed E-state index contributed by atoms with van der Waals surface area (Å²) in [5.41, 5.74) is 2.53. The van der Waals surface area contributed by atoms with Gasteiger partial charge in [0.15, 0.2) is 0 Å². The third kappa shape index (κ3) is 2.36. The van der Waals surface area contributed by atoms with Crippen LogP contribution in [0.15, 0.2) is 24.3 Å². The number of hydrogen-bond acceptors (Lipinski definition) is 3. The van der Waals surface area contributed by atoms with E-state index in [2.05, 4.69) is 34.5 Å². The molecule has 2 rings (SSSR count). The van der Waals surface area contributed by atoms with Gasteiger partial charge < -0.3 is 15.3 Å². The molecule has 1 aromatic rings. The van der Waals surface area contributed by atoms with E-state index in [1.54, 1.807) is 0 Å². The lowest BCUT2D eigenvalue weighted by Gasteiger charge is -2.25. The SMILES string of the molecule is CNCc1ccc(N2CCCC2CO)cc1. The molecule has 0 aliphatic carbocycles. The van der Waals surface area contributed by atoms with Gasteiger partial charge >= 0.3 is 0 Å². The molecule has 3 heteroatoms. The molecule has 1 heterocycles. The highest BCUT2D eigenvalue weighted by Gasteiger charge is 2.23. The van der Waals surface area contributed by atoms with Crippen LogP contribution in [0.4, 0.5) is 5.69 Å². The van der Waals surface area contributed by atoms with Crippen molar-refractivity contribution < 1.29 is 5.11 Å². The lowest BCUT2D eigenvalue weighted by atomic mass is 10.1. The fourth-order valence-electron chi connectivity index (χ4n) is 2.37. The molecule has 1 saturated heterocycles. The summed E-state index contributed by atoms with van der Waals surface area (Å²) >= 11 is 0. The first-order valence-corrected chi connectivity index (χ1v) is 5.96. The maximum Gasteiger partial charge on any atom is 0.0635 e. The van der Waals surface area contributed by atoms with E-state index in [-0.39, 0.29) is 6.61 Å². The van der Waals surface area contributed by atoms with E-state index in [0.29, 0.717) is 6.04 Å². The zero-order valence-electron chi connectivity index (χ0n) is 9.82. The Morgan fingerprint density at radius 3 is 2.75 bits per heavy atom. The Morgan fingerprint density at radius 2 is 2.12 bits per heavy atom. The third-order valence-electron chi connectivity index (χ3n) is 3.24. The van der Waals surface area contributed by atoms with Crippen molar-refractivity contribution in [1.29, 1.82) is 0 Å². The number of benzene rings is 1. The summed E-state index contributed by atoms with van der Waals surface area (Å²) in [6, 6.07) is 8.92. The Kier molecular flexibility index (Phi) is 3.80. The van der Waals surface area contributed by atoms with E-state index >= 15 is 0 Å². The van der Waals surface area contributed by atoms with Gasteiger partial charge in [0.05, 0.1) is 12.6 Å². The van der Waals surface area contributed by atoms with E-state index in [9.17, 15) is 5.11 Å². The second-order valence-corrected chi connectivity index (χ2v) is 4.37. The molecule has 0 spiro atoms. The fourth-order valence-corrected chi connectivity index (χ4v) is 2.37. The molecule has 88 valence electrons. The Hall–Kier alpha value is -1.06. The van der Waals surface area contributed by atoms with Crippen LogP contribution in [0.25, 0.3) is 0 Å². The van der Waals surface area contributed by atoms with E-state index in [1.807, 2.05) is 7.05 Å². The first-order valence-electron chi connectivity index (χ1n) is 5.96. The molecule has 0 bridgehead atoms. The number of anilines is 1. The summed E-state index contributed by atoms with van der Waals surface area (Å²) in [6.07, 6.45) is 2.29. The topological polar surface area (TPSA) is 35.5 Å². The highest BCUT2D eigenvalue weighted by Crippen LogP contribution is 2.25. The van der Waals surface area contributed by atoms with Crippen LogP contribution in [0, 0.1) is 0 Å². The van der Waals surface area contributed by atoms with Crippen molar-refractivity contribution in [3.05, 3.63) is 29.8 Å². The zero-order valence-corrected chi connectivity index (χ0v) is 9.82. The van der Waals surface area contributed by atoms with Crippen molar-refractivity contribution in [3.8, 4) is 0 Å². The van der Waals surface area contributed by atoms with Crippen molar-refractivity contribution in [1.82, 2.24) is 5.32 Å². The van der Waals surface area contributed by atoms with Crippen LogP contribution in [0.2, 0.25) is 0 Å². The Bertz CT molecular complexity index is 323. The van der Waals surface area contributed by atoms with Gasteiger partial charge in [-0.05, 0) is 37.6 Å². The molecule has 0 saturated carbocycles. The van der Waals surface area contributed by atoms with Gasteiger partial charge in [0, 0.05) is 18.8 Å². The van der Waals surface area contributed by atoms with E-state index < -0.39 is 0 Å². The smallest absolute Gasteiger partial charge is 0.0635 e. The minimum Gasteiger partial charge on any atom is -0.394 e. The van der Waals surface area contributed by atoms with E-state index in [1.165, 1.54) is 17.7 Å². The number of rotatable bonds is 4. The van der Waals surface area contributed by atoms with Gasteiger partial charge in [-0.2, -0.15) is 0 Å². The van der Waals surface area contributed by atoms with Crippen molar-refractivity contribution in [2.75, 3.05) is 25.1 Å². The quantitative estimate of drug-likeness (QED) is 0.804.